The molecule has 0 atom stereocenters. The molecular weight excluding hydrogens is 264 g/mol. The van der Waals surface area contributed by atoms with Gasteiger partial charge in [0.15, 0.2) is 0 Å². The highest BCUT2D eigenvalue weighted by Gasteiger charge is 2.20. The monoisotopic (exact) mass is 290 g/mol. The molecule has 1 aliphatic rings. The number of likely N-dealkylation sites (N-methyl/N-ethyl adjacent to an activating group) is 1. The van der Waals surface area contributed by atoms with E-state index >= 15 is 0 Å². The topological polar surface area (TPSA) is 48.5 Å². The first kappa shape index (κ1) is 15.9. The van der Waals surface area contributed by atoms with Gasteiger partial charge in [-0.25, -0.2) is 0 Å². The van der Waals surface area contributed by atoms with Gasteiger partial charge in [-0.15, -0.1) is 0 Å². The summed E-state index contributed by atoms with van der Waals surface area (Å²) in [5, 5.41) is 3.58. The zero-order chi connectivity index (χ0) is 15.2. The third kappa shape index (κ3) is 5.10. The fourth-order valence-corrected chi connectivity index (χ4v) is 2.57. The standard InChI is InChI=1S/C16H26N4O/c1-13-5-4-6-15(18-13)11-17-14-7-9-20(10-8-14)12-16(21)19(2)3/h4-6,14,17H,7-12H2,1-3H3. The lowest BCUT2D eigenvalue weighted by Crippen LogP contribution is -2.45. The summed E-state index contributed by atoms with van der Waals surface area (Å²) >= 11 is 0. The van der Waals surface area contributed by atoms with Crippen molar-refractivity contribution in [3.8, 4) is 0 Å². The number of hydrogen-bond donors (Lipinski definition) is 1. The van der Waals surface area contributed by atoms with E-state index in [0.29, 0.717) is 12.6 Å². The van der Waals surface area contributed by atoms with Gasteiger partial charge < -0.3 is 10.2 Å². The van der Waals surface area contributed by atoms with E-state index in [0.717, 1.165) is 43.9 Å². The van der Waals surface area contributed by atoms with Crippen LogP contribution >= 0.6 is 0 Å². The van der Waals surface area contributed by atoms with Gasteiger partial charge in [-0.05, 0) is 31.9 Å². The number of carbonyl (C=O) groups is 1. The van der Waals surface area contributed by atoms with Gasteiger partial charge in [0.1, 0.15) is 0 Å². The van der Waals surface area contributed by atoms with Gasteiger partial charge in [-0.1, -0.05) is 6.07 Å². The number of nitrogens with zero attached hydrogens (tertiary/aromatic N) is 3. The van der Waals surface area contributed by atoms with Crippen molar-refractivity contribution in [3.05, 3.63) is 29.6 Å². The van der Waals surface area contributed by atoms with Crippen LogP contribution in [0.25, 0.3) is 0 Å². The van der Waals surface area contributed by atoms with Crippen LogP contribution in [0.5, 0.6) is 0 Å². The summed E-state index contributed by atoms with van der Waals surface area (Å²) in [4.78, 5) is 20.1. The number of hydrogen-bond acceptors (Lipinski definition) is 4. The molecule has 1 aromatic rings. The quantitative estimate of drug-likeness (QED) is 0.880. The minimum Gasteiger partial charge on any atom is -0.348 e. The molecular formula is C16H26N4O. The van der Waals surface area contributed by atoms with Gasteiger partial charge >= 0.3 is 0 Å². The van der Waals surface area contributed by atoms with Crippen molar-refractivity contribution in [1.82, 2.24) is 20.1 Å². The van der Waals surface area contributed by atoms with Gasteiger partial charge in [-0.2, -0.15) is 0 Å². The SMILES string of the molecule is Cc1cccc(CNC2CCN(CC(=O)N(C)C)CC2)n1. The van der Waals surface area contributed by atoms with Crippen LogP contribution in [0.2, 0.25) is 0 Å². The molecule has 116 valence electrons. The highest BCUT2D eigenvalue weighted by molar-refractivity contribution is 5.77. The lowest BCUT2D eigenvalue weighted by Gasteiger charge is -2.32. The van der Waals surface area contributed by atoms with E-state index in [1.165, 1.54) is 0 Å². The first-order chi connectivity index (χ1) is 10.0. The van der Waals surface area contributed by atoms with Crippen LogP contribution in [0.3, 0.4) is 0 Å². The van der Waals surface area contributed by atoms with Crippen LogP contribution < -0.4 is 5.32 Å². The van der Waals surface area contributed by atoms with Gasteiger partial charge in [0.25, 0.3) is 0 Å². The Morgan fingerprint density at radius 3 is 2.71 bits per heavy atom. The van der Waals surface area contributed by atoms with Gasteiger partial charge in [0.2, 0.25) is 5.91 Å². The minimum absolute atomic E-state index is 0.186. The third-order valence-electron chi connectivity index (χ3n) is 3.96. The van der Waals surface area contributed by atoms with Crippen LogP contribution in [0.4, 0.5) is 0 Å². The number of aromatic nitrogens is 1. The minimum atomic E-state index is 0.186. The lowest BCUT2D eigenvalue weighted by molar-refractivity contribution is -0.130. The Bertz CT molecular complexity index is 467. The Morgan fingerprint density at radius 1 is 1.38 bits per heavy atom. The highest BCUT2D eigenvalue weighted by Crippen LogP contribution is 2.11. The number of piperidine rings is 1. The van der Waals surface area contributed by atoms with Gasteiger partial charge in [0, 0.05) is 45.5 Å². The van der Waals surface area contributed by atoms with Crippen molar-refractivity contribution in [3.63, 3.8) is 0 Å². The molecule has 1 fully saturated rings. The highest BCUT2D eigenvalue weighted by atomic mass is 16.2. The Balaban J connectivity index is 1.71. The van der Waals surface area contributed by atoms with Gasteiger partial charge in [0.05, 0.1) is 12.2 Å². The van der Waals surface area contributed by atoms with Crippen LogP contribution in [-0.2, 0) is 11.3 Å². The molecule has 0 spiro atoms. The van der Waals surface area contributed by atoms with E-state index in [1.807, 2.05) is 27.1 Å². The molecule has 1 N–H and O–H groups in total. The van der Waals surface area contributed by atoms with Crippen molar-refractivity contribution in [2.75, 3.05) is 33.7 Å². The summed E-state index contributed by atoms with van der Waals surface area (Å²) in [7, 11) is 3.62. The molecule has 1 aromatic heterocycles. The number of amides is 1. The summed E-state index contributed by atoms with van der Waals surface area (Å²) in [6, 6.07) is 6.65. The number of nitrogens with one attached hydrogen (secondary N) is 1. The van der Waals surface area contributed by atoms with Crippen molar-refractivity contribution >= 4 is 5.91 Å². The summed E-state index contributed by atoms with van der Waals surface area (Å²) in [5.41, 5.74) is 2.16. The molecule has 0 aliphatic carbocycles. The predicted molar refractivity (Wildman–Crippen MR) is 84.0 cm³/mol. The number of pyridine rings is 1. The first-order valence-electron chi connectivity index (χ1n) is 7.63. The fraction of sp³-hybridized carbons (Fsp3) is 0.625. The normalized spacial score (nSPS) is 16.9. The van der Waals surface area contributed by atoms with Crippen molar-refractivity contribution in [2.24, 2.45) is 0 Å². The molecule has 5 heteroatoms. The zero-order valence-corrected chi connectivity index (χ0v) is 13.3. The van der Waals surface area contributed by atoms with Crippen molar-refractivity contribution in [1.29, 1.82) is 0 Å². The molecule has 2 rings (SSSR count). The molecule has 0 aromatic carbocycles. The summed E-state index contributed by atoms with van der Waals surface area (Å²) in [6.45, 7) is 5.35. The first-order valence-corrected chi connectivity index (χ1v) is 7.63. The van der Waals surface area contributed by atoms with Crippen LogP contribution in [0.1, 0.15) is 24.2 Å². The van der Waals surface area contributed by atoms with Crippen molar-refractivity contribution < 1.29 is 4.79 Å². The largest absolute Gasteiger partial charge is 0.348 e. The van der Waals surface area contributed by atoms with E-state index in [2.05, 4.69) is 27.3 Å². The molecule has 0 saturated carbocycles. The summed E-state index contributed by atoms with van der Waals surface area (Å²) in [6.07, 6.45) is 2.18. The fourth-order valence-electron chi connectivity index (χ4n) is 2.57. The van der Waals surface area contributed by atoms with E-state index in [4.69, 9.17) is 0 Å². The Morgan fingerprint density at radius 2 is 2.10 bits per heavy atom. The maximum atomic E-state index is 11.7. The molecule has 1 amide bonds. The van der Waals surface area contributed by atoms with E-state index in [-0.39, 0.29) is 5.91 Å². The number of rotatable bonds is 5. The molecule has 0 unspecified atom stereocenters. The number of aryl methyl sites for hydroxylation is 1. The van der Waals surface area contributed by atoms with Crippen LogP contribution in [0, 0.1) is 6.92 Å². The molecule has 2 heterocycles. The smallest absolute Gasteiger partial charge is 0.236 e. The van der Waals surface area contributed by atoms with Crippen molar-refractivity contribution in [2.45, 2.75) is 32.4 Å². The molecule has 1 aliphatic heterocycles. The van der Waals surface area contributed by atoms with Gasteiger partial charge in [-0.3, -0.25) is 14.7 Å². The molecule has 5 nitrogen and oxygen atoms in total. The second-order valence-electron chi connectivity index (χ2n) is 5.99. The molecule has 0 bridgehead atoms. The number of likely N-dealkylation sites (tertiary alicyclic amines) is 1. The summed E-state index contributed by atoms with van der Waals surface area (Å²) in [5.74, 6) is 0.186. The molecule has 1 saturated heterocycles. The lowest BCUT2D eigenvalue weighted by atomic mass is 10.0. The van der Waals surface area contributed by atoms with E-state index < -0.39 is 0 Å². The van der Waals surface area contributed by atoms with Crippen LogP contribution in [-0.4, -0.2) is 60.5 Å². The number of carbonyl (C=O) groups excluding carboxylic acids is 1. The van der Waals surface area contributed by atoms with Crippen LogP contribution in [0.15, 0.2) is 18.2 Å². The maximum Gasteiger partial charge on any atom is 0.236 e. The molecule has 0 radical (unpaired) electrons. The predicted octanol–water partition coefficient (Wildman–Crippen LogP) is 1.03. The average Bonchev–Trinajstić information content (AvgIpc) is 2.46. The zero-order valence-electron chi connectivity index (χ0n) is 13.3. The van der Waals surface area contributed by atoms with E-state index in [1.54, 1.807) is 4.90 Å². The molecule has 21 heavy (non-hydrogen) atoms. The third-order valence-corrected chi connectivity index (χ3v) is 3.96. The maximum absolute atomic E-state index is 11.7. The Hall–Kier alpha value is -1.46. The van der Waals surface area contributed by atoms with E-state index in [9.17, 15) is 4.79 Å². The second kappa shape index (κ2) is 7.52. The second-order valence-corrected chi connectivity index (χ2v) is 5.99. The Labute approximate surface area is 127 Å². The summed E-state index contributed by atoms with van der Waals surface area (Å²) < 4.78 is 0. The average molecular weight is 290 g/mol. The Kier molecular flexibility index (Phi) is 5.70.